The molecule has 2 rings (SSSR count). The van der Waals surface area contributed by atoms with E-state index in [1.165, 1.54) is 0 Å². The summed E-state index contributed by atoms with van der Waals surface area (Å²) in [5.74, 6) is 0.972. The van der Waals surface area contributed by atoms with Crippen molar-refractivity contribution in [1.29, 1.82) is 0 Å². The van der Waals surface area contributed by atoms with Gasteiger partial charge in [-0.1, -0.05) is 13.8 Å². The molecule has 0 saturated heterocycles. The average Bonchev–Trinajstić information content (AvgIpc) is 2.63. The minimum atomic E-state index is -0.0565. The molecule has 1 aromatic rings. The van der Waals surface area contributed by atoms with Crippen LogP contribution < -0.4 is 5.73 Å². The number of furan rings is 1. The van der Waals surface area contributed by atoms with Crippen molar-refractivity contribution < 1.29 is 4.42 Å². The molecule has 2 nitrogen and oxygen atoms in total. The van der Waals surface area contributed by atoms with Crippen LogP contribution >= 0.6 is 15.9 Å². The van der Waals surface area contributed by atoms with Gasteiger partial charge in [-0.25, -0.2) is 0 Å². The summed E-state index contributed by atoms with van der Waals surface area (Å²) in [6.45, 7) is 4.29. The fourth-order valence-electron chi connectivity index (χ4n) is 1.65. The first-order valence-electron chi connectivity index (χ1n) is 4.49. The minimum Gasteiger partial charge on any atom is -0.467 e. The molecule has 0 bridgehead atoms. The summed E-state index contributed by atoms with van der Waals surface area (Å²) in [6.07, 6.45) is 3.90. The Hall–Kier alpha value is -0.280. The van der Waals surface area contributed by atoms with Crippen molar-refractivity contribution in [2.75, 3.05) is 0 Å². The summed E-state index contributed by atoms with van der Waals surface area (Å²) in [6, 6.07) is 2.01. The lowest BCUT2D eigenvalue weighted by molar-refractivity contribution is 0.313. The zero-order valence-corrected chi connectivity index (χ0v) is 9.52. The minimum absolute atomic E-state index is 0.0513. The Morgan fingerprint density at radius 2 is 2.15 bits per heavy atom. The van der Waals surface area contributed by atoms with Crippen molar-refractivity contribution in [1.82, 2.24) is 0 Å². The molecule has 0 amide bonds. The Morgan fingerprint density at radius 1 is 1.54 bits per heavy atom. The Morgan fingerprint density at radius 3 is 2.54 bits per heavy atom. The van der Waals surface area contributed by atoms with Crippen LogP contribution in [0.25, 0.3) is 0 Å². The smallest absolute Gasteiger partial charge is 0.112 e. The third-order valence-corrected chi connectivity index (χ3v) is 3.63. The number of hydrogen-bond acceptors (Lipinski definition) is 2. The standard InChI is InChI=1S/C10H14BrNO/c1-9(2,10(12)3-4-10)8-5-7(11)6-13-8/h5-6H,3-4,12H2,1-2H3. The third kappa shape index (κ3) is 1.34. The van der Waals surface area contributed by atoms with E-state index in [4.69, 9.17) is 10.2 Å². The highest BCUT2D eigenvalue weighted by molar-refractivity contribution is 9.10. The summed E-state index contributed by atoms with van der Waals surface area (Å²) >= 11 is 3.38. The summed E-state index contributed by atoms with van der Waals surface area (Å²) in [5, 5.41) is 0. The molecule has 2 N–H and O–H groups in total. The number of halogens is 1. The van der Waals surface area contributed by atoms with Gasteiger partial charge < -0.3 is 10.2 Å². The van der Waals surface area contributed by atoms with Crippen molar-refractivity contribution in [3.63, 3.8) is 0 Å². The van der Waals surface area contributed by atoms with Crippen LogP contribution in [-0.2, 0) is 5.41 Å². The monoisotopic (exact) mass is 243 g/mol. The zero-order valence-electron chi connectivity index (χ0n) is 7.93. The molecule has 1 fully saturated rings. The zero-order chi connectivity index (χ0) is 9.69. The topological polar surface area (TPSA) is 39.2 Å². The number of hydrogen-bond donors (Lipinski definition) is 1. The first kappa shape index (κ1) is 9.28. The summed E-state index contributed by atoms with van der Waals surface area (Å²) in [4.78, 5) is 0. The lowest BCUT2D eigenvalue weighted by Gasteiger charge is -2.29. The first-order valence-corrected chi connectivity index (χ1v) is 5.28. The molecule has 0 unspecified atom stereocenters. The second-order valence-electron chi connectivity index (χ2n) is 4.41. The van der Waals surface area contributed by atoms with Gasteiger partial charge in [-0.05, 0) is 34.8 Å². The highest BCUT2D eigenvalue weighted by Gasteiger charge is 2.53. The van der Waals surface area contributed by atoms with E-state index >= 15 is 0 Å². The summed E-state index contributed by atoms with van der Waals surface area (Å²) in [5.41, 5.74) is 6.08. The Labute approximate surface area is 86.6 Å². The predicted octanol–water partition coefficient (Wildman–Crippen LogP) is 2.81. The maximum atomic E-state index is 6.19. The van der Waals surface area contributed by atoms with E-state index in [1.54, 1.807) is 6.26 Å². The predicted molar refractivity (Wildman–Crippen MR) is 55.6 cm³/mol. The second kappa shape index (κ2) is 2.61. The van der Waals surface area contributed by atoms with Gasteiger partial charge in [-0.2, -0.15) is 0 Å². The van der Waals surface area contributed by atoms with Crippen LogP contribution in [0.5, 0.6) is 0 Å². The van der Waals surface area contributed by atoms with E-state index < -0.39 is 0 Å². The van der Waals surface area contributed by atoms with Crippen LogP contribution in [0.1, 0.15) is 32.4 Å². The number of nitrogens with two attached hydrogens (primary N) is 1. The molecule has 1 saturated carbocycles. The van der Waals surface area contributed by atoms with Crippen LogP contribution in [-0.4, -0.2) is 5.54 Å². The fraction of sp³-hybridized carbons (Fsp3) is 0.600. The molecule has 3 heteroatoms. The molecule has 0 aromatic carbocycles. The molecule has 1 heterocycles. The second-order valence-corrected chi connectivity index (χ2v) is 5.33. The van der Waals surface area contributed by atoms with Gasteiger partial charge in [0.05, 0.1) is 4.47 Å². The van der Waals surface area contributed by atoms with Gasteiger partial charge in [0, 0.05) is 11.0 Å². The molecule has 0 radical (unpaired) electrons. The van der Waals surface area contributed by atoms with Crippen molar-refractivity contribution in [2.24, 2.45) is 5.73 Å². The van der Waals surface area contributed by atoms with E-state index in [0.29, 0.717) is 0 Å². The Bertz CT molecular complexity index is 325. The van der Waals surface area contributed by atoms with Crippen molar-refractivity contribution in [3.8, 4) is 0 Å². The molecule has 13 heavy (non-hydrogen) atoms. The molecule has 0 aliphatic heterocycles. The van der Waals surface area contributed by atoms with Gasteiger partial charge in [0.2, 0.25) is 0 Å². The SMILES string of the molecule is CC(C)(c1cc(Br)co1)C1(N)CC1. The average molecular weight is 244 g/mol. The van der Waals surface area contributed by atoms with Crippen LogP contribution in [0.2, 0.25) is 0 Å². The van der Waals surface area contributed by atoms with Gasteiger partial charge in [0.1, 0.15) is 12.0 Å². The van der Waals surface area contributed by atoms with Gasteiger partial charge >= 0.3 is 0 Å². The Balaban J connectivity index is 2.34. The molecule has 0 atom stereocenters. The maximum Gasteiger partial charge on any atom is 0.112 e. The maximum absolute atomic E-state index is 6.19. The van der Waals surface area contributed by atoms with Crippen molar-refractivity contribution in [3.05, 3.63) is 22.6 Å². The molecule has 72 valence electrons. The van der Waals surface area contributed by atoms with Crippen molar-refractivity contribution >= 4 is 15.9 Å². The van der Waals surface area contributed by atoms with Gasteiger partial charge in [-0.3, -0.25) is 0 Å². The van der Waals surface area contributed by atoms with E-state index in [0.717, 1.165) is 23.1 Å². The largest absolute Gasteiger partial charge is 0.467 e. The van der Waals surface area contributed by atoms with E-state index in [1.807, 2.05) is 6.07 Å². The van der Waals surface area contributed by atoms with Crippen LogP contribution in [0.4, 0.5) is 0 Å². The quantitative estimate of drug-likeness (QED) is 0.868. The van der Waals surface area contributed by atoms with E-state index in [2.05, 4.69) is 29.8 Å². The van der Waals surface area contributed by atoms with Gasteiger partial charge in [0.15, 0.2) is 0 Å². The lowest BCUT2D eigenvalue weighted by Crippen LogP contribution is -2.43. The first-order chi connectivity index (χ1) is 5.96. The van der Waals surface area contributed by atoms with E-state index in [-0.39, 0.29) is 11.0 Å². The van der Waals surface area contributed by atoms with Crippen LogP contribution in [0.3, 0.4) is 0 Å². The van der Waals surface area contributed by atoms with Gasteiger partial charge in [0.25, 0.3) is 0 Å². The molecular weight excluding hydrogens is 230 g/mol. The summed E-state index contributed by atoms with van der Waals surface area (Å²) in [7, 11) is 0. The lowest BCUT2D eigenvalue weighted by atomic mass is 9.80. The Kier molecular flexibility index (Phi) is 1.86. The molecular formula is C10H14BrNO. The molecule has 1 aliphatic rings. The van der Waals surface area contributed by atoms with Crippen LogP contribution in [0.15, 0.2) is 21.2 Å². The normalized spacial score (nSPS) is 20.3. The molecule has 1 aromatic heterocycles. The highest BCUT2D eigenvalue weighted by Crippen LogP contribution is 2.49. The molecule has 0 spiro atoms. The molecule has 1 aliphatic carbocycles. The fourth-order valence-corrected chi connectivity index (χ4v) is 1.95. The van der Waals surface area contributed by atoms with Crippen LogP contribution in [0, 0.1) is 0 Å². The van der Waals surface area contributed by atoms with E-state index in [9.17, 15) is 0 Å². The number of rotatable bonds is 2. The summed E-state index contributed by atoms with van der Waals surface area (Å²) < 4.78 is 6.45. The van der Waals surface area contributed by atoms with Gasteiger partial charge in [-0.15, -0.1) is 0 Å². The third-order valence-electron chi connectivity index (χ3n) is 3.22. The highest BCUT2D eigenvalue weighted by atomic mass is 79.9. The van der Waals surface area contributed by atoms with Crippen molar-refractivity contribution in [2.45, 2.75) is 37.6 Å².